The van der Waals surface area contributed by atoms with Gasteiger partial charge in [-0.15, -0.1) is 0 Å². The Hall–Kier alpha value is -1.40. The standard InChI is InChI=1S/C14H19FN4S/c1-4-7-16-10(2)11-5-6-13(12(15)8-11)20-14-17-9-18-19(14)3/h5-6,8-10,16H,4,7H2,1-3H3. The number of hydrogen-bond donors (Lipinski definition) is 1. The zero-order valence-corrected chi connectivity index (χ0v) is 12.7. The van der Waals surface area contributed by atoms with Crippen LogP contribution in [-0.4, -0.2) is 21.3 Å². The molecule has 0 radical (unpaired) electrons. The Kier molecular flexibility index (Phi) is 5.14. The zero-order chi connectivity index (χ0) is 14.5. The van der Waals surface area contributed by atoms with Crippen LogP contribution < -0.4 is 5.32 Å². The summed E-state index contributed by atoms with van der Waals surface area (Å²) in [5.41, 5.74) is 0.957. The van der Waals surface area contributed by atoms with Crippen molar-refractivity contribution in [3.05, 3.63) is 35.9 Å². The molecule has 108 valence electrons. The molecule has 0 spiro atoms. The van der Waals surface area contributed by atoms with E-state index in [9.17, 15) is 4.39 Å². The summed E-state index contributed by atoms with van der Waals surface area (Å²) in [5.74, 6) is -0.222. The van der Waals surface area contributed by atoms with E-state index < -0.39 is 0 Å². The molecule has 0 aliphatic carbocycles. The third-order valence-electron chi connectivity index (χ3n) is 3.03. The highest BCUT2D eigenvalue weighted by atomic mass is 32.2. The van der Waals surface area contributed by atoms with Crippen LogP contribution in [-0.2, 0) is 7.05 Å². The Balaban J connectivity index is 2.11. The Morgan fingerprint density at radius 1 is 1.45 bits per heavy atom. The Morgan fingerprint density at radius 3 is 2.85 bits per heavy atom. The van der Waals surface area contributed by atoms with Gasteiger partial charge in [0.2, 0.25) is 0 Å². The van der Waals surface area contributed by atoms with Gasteiger partial charge in [-0.05, 0) is 49.3 Å². The smallest absolute Gasteiger partial charge is 0.190 e. The van der Waals surface area contributed by atoms with Crippen LogP contribution >= 0.6 is 11.8 Å². The summed E-state index contributed by atoms with van der Waals surface area (Å²) < 4.78 is 15.8. The van der Waals surface area contributed by atoms with Crippen molar-refractivity contribution in [2.24, 2.45) is 7.05 Å². The monoisotopic (exact) mass is 294 g/mol. The molecule has 0 saturated carbocycles. The summed E-state index contributed by atoms with van der Waals surface area (Å²) in [7, 11) is 1.79. The molecule has 1 heterocycles. The quantitative estimate of drug-likeness (QED) is 0.888. The molecular formula is C14H19FN4S. The van der Waals surface area contributed by atoms with E-state index in [0.717, 1.165) is 18.5 Å². The summed E-state index contributed by atoms with van der Waals surface area (Å²) in [4.78, 5) is 4.65. The molecule has 1 N–H and O–H groups in total. The van der Waals surface area contributed by atoms with Crippen LogP contribution in [0.5, 0.6) is 0 Å². The van der Waals surface area contributed by atoms with Crippen LogP contribution in [0, 0.1) is 5.82 Å². The maximum Gasteiger partial charge on any atom is 0.190 e. The van der Waals surface area contributed by atoms with Crippen LogP contribution in [0.25, 0.3) is 0 Å². The largest absolute Gasteiger partial charge is 0.310 e. The lowest BCUT2D eigenvalue weighted by molar-refractivity contribution is 0.556. The first-order valence-corrected chi connectivity index (χ1v) is 7.48. The van der Waals surface area contributed by atoms with Gasteiger partial charge < -0.3 is 5.32 Å². The number of halogens is 1. The first-order valence-electron chi connectivity index (χ1n) is 6.66. The maximum atomic E-state index is 14.2. The fourth-order valence-corrected chi connectivity index (χ4v) is 2.59. The molecule has 4 nitrogen and oxygen atoms in total. The van der Waals surface area contributed by atoms with Crippen molar-refractivity contribution in [3.8, 4) is 0 Å². The van der Waals surface area contributed by atoms with Crippen molar-refractivity contribution in [2.45, 2.75) is 36.4 Å². The van der Waals surface area contributed by atoms with Crippen LogP contribution in [0.15, 0.2) is 34.6 Å². The van der Waals surface area contributed by atoms with E-state index in [2.05, 4.69) is 22.3 Å². The number of benzene rings is 1. The van der Waals surface area contributed by atoms with Crippen molar-refractivity contribution in [2.75, 3.05) is 6.54 Å². The van der Waals surface area contributed by atoms with Gasteiger partial charge in [-0.3, -0.25) is 0 Å². The Labute approximate surface area is 122 Å². The van der Waals surface area contributed by atoms with Gasteiger partial charge >= 0.3 is 0 Å². The van der Waals surface area contributed by atoms with Crippen LogP contribution in [0.3, 0.4) is 0 Å². The third-order valence-corrected chi connectivity index (χ3v) is 4.13. The fraction of sp³-hybridized carbons (Fsp3) is 0.429. The zero-order valence-electron chi connectivity index (χ0n) is 11.9. The molecule has 2 rings (SSSR count). The molecule has 1 aromatic heterocycles. The second-order valence-electron chi connectivity index (χ2n) is 4.63. The molecular weight excluding hydrogens is 275 g/mol. The lowest BCUT2D eigenvalue weighted by Crippen LogP contribution is -2.19. The summed E-state index contributed by atoms with van der Waals surface area (Å²) in [6, 6.07) is 5.49. The number of hydrogen-bond acceptors (Lipinski definition) is 4. The van der Waals surface area contributed by atoms with E-state index >= 15 is 0 Å². The highest BCUT2D eigenvalue weighted by Crippen LogP contribution is 2.29. The summed E-state index contributed by atoms with van der Waals surface area (Å²) >= 11 is 1.28. The van der Waals surface area contributed by atoms with E-state index in [4.69, 9.17) is 0 Å². The van der Waals surface area contributed by atoms with Crippen LogP contribution in [0.2, 0.25) is 0 Å². The highest BCUT2D eigenvalue weighted by Gasteiger charge is 2.11. The van der Waals surface area contributed by atoms with Crippen molar-refractivity contribution >= 4 is 11.8 Å². The molecule has 0 aliphatic rings. The summed E-state index contributed by atoms with van der Waals surface area (Å²) in [5, 5.41) is 8.00. The molecule has 0 aliphatic heterocycles. The molecule has 20 heavy (non-hydrogen) atoms. The third kappa shape index (κ3) is 3.58. The lowest BCUT2D eigenvalue weighted by atomic mass is 10.1. The Morgan fingerprint density at radius 2 is 2.25 bits per heavy atom. The first kappa shape index (κ1) is 15.0. The number of nitrogens with zero attached hydrogens (tertiary/aromatic N) is 3. The predicted molar refractivity (Wildman–Crippen MR) is 78.2 cm³/mol. The topological polar surface area (TPSA) is 42.7 Å². The van der Waals surface area contributed by atoms with Crippen molar-refractivity contribution in [1.82, 2.24) is 20.1 Å². The molecule has 6 heteroatoms. The second kappa shape index (κ2) is 6.85. The van der Waals surface area contributed by atoms with Gasteiger partial charge in [0, 0.05) is 13.1 Å². The van der Waals surface area contributed by atoms with Gasteiger partial charge in [-0.1, -0.05) is 13.0 Å². The van der Waals surface area contributed by atoms with Gasteiger partial charge in [0.1, 0.15) is 12.1 Å². The van der Waals surface area contributed by atoms with Gasteiger partial charge in [-0.25, -0.2) is 14.1 Å². The van der Waals surface area contributed by atoms with Crippen LogP contribution in [0.4, 0.5) is 4.39 Å². The molecule has 1 aromatic carbocycles. The van der Waals surface area contributed by atoms with E-state index in [1.807, 2.05) is 13.0 Å². The lowest BCUT2D eigenvalue weighted by Gasteiger charge is -2.14. The van der Waals surface area contributed by atoms with Crippen LogP contribution in [0.1, 0.15) is 31.9 Å². The normalized spacial score (nSPS) is 12.6. The first-order chi connectivity index (χ1) is 9.61. The minimum atomic E-state index is -0.222. The molecule has 1 unspecified atom stereocenters. The van der Waals surface area contributed by atoms with Gasteiger partial charge in [-0.2, -0.15) is 5.10 Å². The van der Waals surface area contributed by atoms with E-state index in [1.54, 1.807) is 23.9 Å². The molecule has 1 atom stereocenters. The summed E-state index contributed by atoms with van der Waals surface area (Å²) in [6.07, 6.45) is 2.53. The Bertz CT molecular complexity index is 570. The van der Waals surface area contributed by atoms with Gasteiger partial charge in [0.25, 0.3) is 0 Å². The van der Waals surface area contributed by atoms with Crippen molar-refractivity contribution in [3.63, 3.8) is 0 Å². The highest BCUT2D eigenvalue weighted by molar-refractivity contribution is 7.99. The number of aromatic nitrogens is 3. The number of aryl methyl sites for hydroxylation is 1. The maximum absolute atomic E-state index is 14.2. The van der Waals surface area contributed by atoms with Crippen molar-refractivity contribution in [1.29, 1.82) is 0 Å². The second-order valence-corrected chi connectivity index (χ2v) is 5.64. The summed E-state index contributed by atoms with van der Waals surface area (Å²) in [6.45, 7) is 5.08. The minimum Gasteiger partial charge on any atom is -0.310 e. The van der Waals surface area contributed by atoms with Gasteiger partial charge in [0.15, 0.2) is 5.16 Å². The van der Waals surface area contributed by atoms with E-state index in [1.165, 1.54) is 18.1 Å². The van der Waals surface area contributed by atoms with Gasteiger partial charge in [0.05, 0.1) is 4.90 Å². The van der Waals surface area contributed by atoms with E-state index in [0.29, 0.717) is 10.1 Å². The fourth-order valence-electron chi connectivity index (χ4n) is 1.82. The molecule has 0 amide bonds. The molecule has 0 bridgehead atoms. The molecule has 0 fully saturated rings. The SMILES string of the molecule is CCCNC(C)c1ccc(Sc2ncnn2C)c(F)c1. The number of nitrogens with one attached hydrogen (secondary N) is 1. The van der Waals surface area contributed by atoms with Crippen molar-refractivity contribution < 1.29 is 4.39 Å². The molecule has 2 aromatic rings. The minimum absolute atomic E-state index is 0.151. The predicted octanol–water partition coefficient (Wildman–Crippen LogP) is 3.17. The average Bonchev–Trinajstić information content (AvgIpc) is 2.84. The molecule has 0 saturated heterocycles. The average molecular weight is 294 g/mol. The number of rotatable bonds is 6. The van der Waals surface area contributed by atoms with E-state index in [-0.39, 0.29) is 11.9 Å².